The van der Waals surface area contributed by atoms with Crippen LogP contribution in [-0.4, -0.2) is 30.1 Å². The van der Waals surface area contributed by atoms with E-state index in [4.69, 9.17) is 0 Å². The van der Waals surface area contributed by atoms with Crippen LogP contribution in [0.2, 0.25) is 0 Å². The van der Waals surface area contributed by atoms with Crippen LogP contribution in [0.1, 0.15) is 5.56 Å². The maximum Gasteiger partial charge on any atom is 0.177 e. The Bertz CT molecular complexity index is 1510. The largest absolute Gasteiger partial charge is 0.274 e. The lowest BCUT2D eigenvalue weighted by Gasteiger charge is -2.02. The molecule has 0 amide bonds. The predicted molar refractivity (Wildman–Crippen MR) is 132 cm³/mol. The highest BCUT2D eigenvalue weighted by Crippen LogP contribution is 2.31. The monoisotopic (exact) mass is 446 g/mol. The van der Waals surface area contributed by atoms with Gasteiger partial charge in [0.1, 0.15) is 10.7 Å². The molecule has 6 rings (SSSR count). The summed E-state index contributed by atoms with van der Waals surface area (Å²) >= 11 is 1.64. The molecule has 0 atom stereocenters. The third-order valence-electron chi connectivity index (χ3n) is 5.45. The Labute approximate surface area is 194 Å². The molecule has 4 aromatic heterocycles. The SMILES string of the molecule is Cc1ccc(-c2cnc(-c3cc(-c4ccc(-c5nc6ncccc6s5)cc4)n[nH]3)nc2)cc1. The molecular weight excluding hydrogens is 428 g/mol. The minimum Gasteiger partial charge on any atom is -0.274 e. The number of thiazole rings is 1. The van der Waals surface area contributed by atoms with E-state index >= 15 is 0 Å². The number of nitrogens with one attached hydrogen (secondary N) is 1. The molecule has 1 N–H and O–H groups in total. The number of hydrogen-bond donors (Lipinski definition) is 1. The van der Waals surface area contributed by atoms with Crippen LogP contribution in [0.3, 0.4) is 0 Å². The summed E-state index contributed by atoms with van der Waals surface area (Å²) in [5.74, 6) is 0.614. The average molecular weight is 447 g/mol. The van der Waals surface area contributed by atoms with Crippen molar-refractivity contribution in [1.29, 1.82) is 0 Å². The third-order valence-corrected chi connectivity index (χ3v) is 6.51. The summed E-state index contributed by atoms with van der Waals surface area (Å²) in [7, 11) is 0. The fourth-order valence-corrected chi connectivity index (χ4v) is 4.55. The van der Waals surface area contributed by atoms with Crippen molar-refractivity contribution in [3.8, 4) is 44.5 Å². The topological polar surface area (TPSA) is 80.2 Å². The number of aromatic nitrogens is 6. The van der Waals surface area contributed by atoms with Gasteiger partial charge < -0.3 is 0 Å². The summed E-state index contributed by atoms with van der Waals surface area (Å²) in [6, 6.07) is 22.5. The lowest BCUT2D eigenvalue weighted by molar-refractivity contribution is 1.07. The second-order valence-electron chi connectivity index (χ2n) is 7.75. The molecule has 0 aliphatic heterocycles. The second-order valence-corrected chi connectivity index (χ2v) is 8.78. The first kappa shape index (κ1) is 19.5. The molecular formula is C26H18N6S. The molecule has 4 heterocycles. The molecule has 2 aromatic carbocycles. The summed E-state index contributed by atoms with van der Waals surface area (Å²) in [5, 5.41) is 8.48. The van der Waals surface area contributed by atoms with Gasteiger partial charge in [-0.15, -0.1) is 11.3 Å². The number of fused-ring (bicyclic) bond motifs is 1. The average Bonchev–Trinajstić information content (AvgIpc) is 3.53. The molecule has 0 bridgehead atoms. The van der Waals surface area contributed by atoms with E-state index in [0.717, 1.165) is 49.0 Å². The fraction of sp³-hybridized carbons (Fsp3) is 0.0385. The number of aryl methyl sites for hydroxylation is 1. The van der Waals surface area contributed by atoms with Gasteiger partial charge in [-0.1, -0.05) is 54.1 Å². The van der Waals surface area contributed by atoms with Crippen molar-refractivity contribution in [2.24, 2.45) is 0 Å². The minimum atomic E-state index is 0.614. The van der Waals surface area contributed by atoms with Crippen molar-refractivity contribution < 1.29 is 0 Å². The van der Waals surface area contributed by atoms with E-state index in [9.17, 15) is 0 Å². The number of H-pyrrole nitrogens is 1. The van der Waals surface area contributed by atoms with E-state index < -0.39 is 0 Å². The molecule has 0 radical (unpaired) electrons. The van der Waals surface area contributed by atoms with Gasteiger partial charge in [0.2, 0.25) is 0 Å². The van der Waals surface area contributed by atoms with Crippen LogP contribution >= 0.6 is 11.3 Å². The highest BCUT2D eigenvalue weighted by molar-refractivity contribution is 7.21. The molecule has 0 unspecified atom stereocenters. The van der Waals surface area contributed by atoms with Crippen molar-refractivity contribution in [2.75, 3.05) is 0 Å². The van der Waals surface area contributed by atoms with Crippen LogP contribution in [0.4, 0.5) is 0 Å². The van der Waals surface area contributed by atoms with E-state index in [-0.39, 0.29) is 0 Å². The Morgan fingerprint density at radius 2 is 1.48 bits per heavy atom. The van der Waals surface area contributed by atoms with E-state index in [1.807, 2.05) is 30.6 Å². The quantitative estimate of drug-likeness (QED) is 0.350. The fourth-order valence-electron chi connectivity index (χ4n) is 3.62. The van der Waals surface area contributed by atoms with Crippen LogP contribution in [0, 0.1) is 6.92 Å². The van der Waals surface area contributed by atoms with E-state index in [2.05, 4.69) is 85.6 Å². The lowest BCUT2D eigenvalue weighted by atomic mass is 10.1. The Morgan fingerprint density at radius 3 is 2.24 bits per heavy atom. The number of rotatable bonds is 4. The summed E-state index contributed by atoms with van der Waals surface area (Å²) in [6.07, 6.45) is 5.45. The van der Waals surface area contributed by atoms with Crippen LogP contribution in [-0.2, 0) is 0 Å². The zero-order valence-electron chi connectivity index (χ0n) is 17.7. The van der Waals surface area contributed by atoms with Gasteiger partial charge in [0, 0.05) is 35.3 Å². The predicted octanol–water partition coefficient (Wildman–Crippen LogP) is 6.18. The molecule has 0 saturated carbocycles. The van der Waals surface area contributed by atoms with Gasteiger partial charge in [-0.2, -0.15) is 5.10 Å². The van der Waals surface area contributed by atoms with Crippen LogP contribution < -0.4 is 0 Å². The Hall–Kier alpha value is -4.23. The first-order chi connectivity index (χ1) is 16.2. The summed E-state index contributed by atoms with van der Waals surface area (Å²) in [5.41, 5.74) is 7.79. The Kier molecular flexibility index (Phi) is 4.74. The number of nitrogens with zero attached hydrogens (tertiary/aromatic N) is 5. The van der Waals surface area contributed by atoms with Crippen molar-refractivity contribution in [1.82, 2.24) is 30.1 Å². The van der Waals surface area contributed by atoms with Crippen LogP contribution in [0.15, 0.2) is 85.3 Å². The summed E-state index contributed by atoms with van der Waals surface area (Å²) < 4.78 is 1.09. The third kappa shape index (κ3) is 3.79. The van der Waals surface area contributed by atoms with E-state index in [0.29, 0.717) is 5.82 Å². The lowest BCUT2D eigenvalue weighted by Crippen LogP contribution is -1.90. The van der Waals surface area contributed by atoms with Crippen molar-refractivity contribution >= 4 is 21.7 Å². The van der Waals surface area contributed by atoms with Gasteiger partial charge in [-0.05, 0) is 30.7 Å². The molecule has 6 nitrogen and oxygen atoms in total. The maximum absolute atomic E-state index is 4.63. The van der Waals surface area contributed by atoms with E-state index in [1.165, 1.54) is 5.56 Å². The molecule has 0 spiro atoms. The van der Waals surface area contributed by atoms with E-state index in [1.54, 1.807) is 17.5 Å². The number of hydrogen-bond acceptors (Lipinski definition) is 6. The first-order valence-electron chi connectivity index (χ1n) is 10.5. The number of aromatic amines is 1. The second kappa shape index (κ2) is 8.03. The molecule has 6 aromatic rings. The van der Waals surface area contributed by atoms with Gasteiger partial charge in [0.15, 0.2) is 11.5 Å². The zero-order chi connectivity index (χ0) is 22.2. The van der Waals surface area contributed by atoms with Crippen molar-refractivity contribution in [2.45, 2.75) is 6.92 Å². The highest BCUT2D eigenvalue weighted by Gasteiger charge is 2.11. The van der Waals surface area contributed by atoms with Crippen LogP contribution in [0.5, 0.6) is 0 Å². The molecule has 0 saturated heterocycles. The van der Waals surface area contributed by atoms with Crippen LogP contribution in [0.25, 0.3) is 54.8 Å². The summed E-state index contributed by atoms with van der Waals surface area (Å²) in [6.45, 7) is 2.07. The van der Waals surface area contributed by atoms with Gasteiger partial charge in [-0.25, -0.2) is 19.9 Å². The minimum absolute atomic E-state index is 0.614. The highest BCUT2D eigenvalue weighted by atomic mass is 32.1. The molecule has 0 aliphatic rings. The summed E-state index contributed by atoms with van der Waals surface area (Å²) in [4.78, 5) is 18.0. The van der Waals surface area contributed by atoms with Gasteiger partial charge in [-0.3, -0.25) is 5.10 Å². The molecule has 7 heteroatoms. The smallest absolute Gasteiger partial charge is 0.177 e. The Balaban J connectivity index is 1.23. The van der Waals surface area contributed by atoms with Crippen molar-refractivity contribution in [3.05, 3.63) is 90.9 Å². The number of benzene rings is 2. The molecule has 158 valence electrons. The normalized spacial score (nSPS) is 11.2. The zero-order valence-corrected chi connectivity index (χ0v) is 18.5. The first-order valence-corrected chi connectivity index (χ1v) is 11.3. The van der Waals surface area contributed by atoms with Gasteiger partial charge >= 0.3 is 0 Å². The standard InChI is InChI=1S/C26H18N6S/c1-16-4-6-17(7-5-16)20-14-28-24(29-15-20)22-13-21(31-32-22)18-8-10-19(11-9-18)26-30-25-23(33-26)3-2-12-27-25/h2-15H,1H3,(H,31,32). The molecule has 33 heavy (non-hydrogen) atoms. The van der Waals surface area contributed by atoms with Crippen molar-refractivity contribution in [3.63, 3.8) is 0 Å². The molecule has 0 aliphatic carbocycles. The Morgan fingerprint density at radius 1 is 0.758 bits per heavy atom. The van der Waals surface area contributed by atoms with Gasteiger partial charge in [0.25, 0.3) is 0 Å². The molecule has 0 fully saturated rings. The van der Waals surface area contributed by atoms with Gasteiger partial charge in [0.05, 0.1) is 10.4 Å². The maximum atomic E-state index is 4.63. The number of pyridine rings is 1.